The van der Waals surface area contributed by atoms with E-state index in [1.165, 1.54) is 18.2 Å². The molecule has 0 spiro atoms. The van der Waals surface area contributed by atoms with Crippen molar-refractivity contribution in [1.29, 1.82) is 0 Å². The molecule has 0 saturated heterocycles. The number of hydrogen-bond donors (Lipinski definition) is 1. The smallest absolute Gasteiger partial charge is 0.276 e. The Morgan fingerprint density at radius 1 is 1.19 bits per heavy atom. The fraction of sp³-hybridized carbons (Fsp3) is 0.250. The first-order valence-electron chi connectivity index (χ1n) is 8.44. The van der Waals surface area contributed by atoms with Crippen molar-refractivity contribution in [2.75, 3.05) is 13.2 Å². The molecule has 0 radical (unpaired) electrons. The molecule has 26 heavy (non-hydrogen) atoms. The average molecular weight is 354 g/mol. The van der Waals surface area contributed by atoms with Crippen molar-refractivity contribution >= 4 is 17.7 Å². The molecule has 0 bridgehead atoms. The molecule has 0 aliphatic carbocycles. The van der Waals surface area contributed by atoms with Gasteiger partial charge in [-0.1, -0.05) is 42.5 Å². The van der Waals surface area contributed by atoms with Crippen LogP contribution in [0.5, 0.6) is 0 Å². The average Bonchev–Trinajstić information content (AvgIpc) is 2.66. The molecule has 2 aromatic carbocycles. The summed E-state index contributed by atoms with van der Waals surface area (Å²) in [5.41, 5.74) is 1.48. The highest BCUT2D eigenvalue weighted by molar-refractivity contribution is 5.92. The van der Waals surface area contributed by atoms with Crippen molar-refractivity contribution in [2.45, 2.75) is 19.4 Å². The minimum atomic E-state index is -0.469. The van der Waals surface area contributed by atoms with Gasteiger partial charge >= 0.3 is 0 Å². The molecule has 0 aliphatic rings. The van der Waals surface area contributed by atoms with Gasteiger partial charge in [0.2, 0.25) is 5.91 Å². The Kier molecular flexibility index (Phi) is 7.51. The van der Waals surface area contributed by atoms with E-state index in [4.69, 9.17) is 4.74 Å². The fourth-order valence-corrected chi connectivity index (χ4v) is 2.38. The van der Waals surface area contributed by atoms with Gasteiger partial charge < -0.3 is 10.1 Å². The maximum Gasteiger partial charge on any atom is 0.276 e. The second-order valence-corrected chi connectivity index (χ2v) is 5.72. The van der Waals surface area contributed by atoms with Crippen LogP contribution in [0.15, 0.2) is 60.7 Å². The van der Waals surface area contributed by atoms with Crippen LogP contribution >= 0.6 is 0 Å². The Morgan fingerprint density at radius 3 is 2.62 bits per heavy atom. The monoisotopic (exact) mass is 354 g/mol. The van der Waals surface area contributed by atoms with E-state index in [9.17, 15) is 14.9 Å². The summed E-state index contributed by atoms with van der Waals surface area (Å²) in [7, 11) is 0. The zero-order chi connectivity index (χ0) is 18.8. The van der Waals surface area contributed by atoms with Gasteiger partial charge in [0.15, 0.2) is 0 Å². The molecule has 2 rings (SSSR count). The second-order valence-electron chi connectivity index (χ2n) is 5.72. The first-order chi connectivity index (χ1) is 12.6. The molecule has 1 amide bonds. The summed E-state index contributed by atoms with van der Waals surface area (Å²) in [6.07, 6.45) is 3.44. The van der Waals surface area contributed by atoms with Gasteiger partial charge in [-0.05, 0) is 31.1 Å². The maximum absolute atomic E-state index is 11.8. The van der Waals surface area contributed by atoms with Crippen LogP contribution in [-0.4, -0.2) is 24.0 Å². The Labute approximate surface area is 152 Å². The van der Waals surface area contributed by atoms with E-state index in [-0.39, 0.29) is 17.7 Å². The number of nitrogens with one attached hydrogen (secondary N) is 1. The van der Waals surface area contributed by atoms with Crippen LogP contribution in [-0.2, 0) is 9.53 Å². The number of para-hydroxylation sites is 1. The van der Waals surface area contributed by atoms with Crippen LogP contribution in [0.2, 0.25) is 0 Å². The topological polar surface area (TPSA) is 81.5 Å². The summed E-state index contributed by atoms with van der Waals surface area (Å²) in [6.45, 7) is 3.00. The normalized spacial score (nSPS) is 12.0. The third-order valence-corrected chi connectivity index (χ3v) is 3.80. The molecular weight excluding hydrogens is 332 g/mol. The Morgan fingerprint density at radius 2 is 1.88 bits per heavy atom. The number of ether oxygens (including phenoxy) is 1. The summed E-state index contributed by atoms with van der Waals surface area (Å²) >= 11 is 0. The van der Waals surface area contributed by atoms with Crippen LogP contribution in [0.25, 0.3) is 6.08 Å². The Balaban J connectivity index is 1.70. The molecule has 0 heterocycles. The van der Waals surface area contributed by atoms with Crippen LogP contribution < -0.4 is 5.32 Å². The summed E-state index contributed by atoms with van der Waals surface area (Å²) in [5.74, 6) is -0.292. The van der Waals surface area contributed by atoms with Crippen LogP contribution in [0.4, 0.5) is 5.69 Å². The van der Waals surface area contributed by atoms with E-state index >= 15 is 0 Å². The van der Waals surface area contributed by atoms with Crippen LogP contribution in [0.3, 0.4) is 0 Å². The van der Waals surface area contributed by atoms with Gasteiger partial charge in [-0.3, -0.25) is 14.9 Å². The van der Waals surface area contributed by atoms with Crippen molar-refractivity contribution in [1.82, 2.24) is 5.32 Å². The van der Waals surface area contributed by atoms with E-state index in [2.05, 4.69) is 5.32 Å². The molecule has 0 aliphatic heterocycles. The number of nitro groups is 1. The third kappa shape index (κ3) is 6.14. The lowest BCUT2D eigenvalue weighted by molar-refractivity contribution is -0.385. The van der Waals surface area contributed by atoms with Gasteiger partial charge in [0.05, 0.1) is 16.6 Å². The van der Waals surface area contributed by atoms with Crippen LogP contribution in [0, 0.1) is 10.1 Å². The summed E-state index contributed by atoms with van der Waals surface area (Å²) in [4.78, 5) is 22.3. The highest BCUT2D eigenvalue weighted by Gasteiger charge is 2.09. The number of carbonyl (C=O) groups is 1. The lowest BCUT2D eigenvalue weighted by atomic mass is 10.1. The number of benzene rings is 2. The van der Waals surface area contributed by atoms with Gasteiger partial charge in [-0.2, -0.15) is 0 Å². The number of rotatable bonds is 9. The Hall–Kier alpha value is -2.99. The minimum absolute atomic E-state index is 0.00503. The van der Waals surface area contributed by atoms with E-state index in [1.54, 1.807) is 18.2 Å². The maximum atomic E-state index is 11.8. The number of nitro benzene ring substituents is 1. The molecule has 1 atom stereocenters. The van der Waals surface area contributed by atoms with Crippen LogP contribution in [0.1, 0.15) is 30.6 Å². The SMILES string of the molecule is CC(OCCCNC(=O)/C=C/c1ccccc1[N+](=O)[O-])c1ccccc1. The summed E-state index contributed by atoms with van der Waals surface area (Å²) in [6, 6.07) is 16.2. The zero-order valence-electron chi connectivity index (χ0n) is 14.6. The van der Waals surface area contributed by atoms with E-state index in [0.717, 1.165) is 5.56 Å². The Bertz CT molecular complexity index is 759. The van der Waals surface area contributed by atoms with E-state index in [1.807, 2.05) is 37.3 Å². The molecule has 0 aromatic heterocycles. The molecule has 136 valence electrons. The number of nitrogens with zero attached hydrogens (tertiary/aromatic N) is 1. The second kappa shape index (κ2) is 10.1. The van der Waals surface area contributed by atoms with E-state index in [0.29, 0.717) is 25.1 Å². The van der Waals surface area contributed by atoms with Gasteiger partial charge in [0, 0.05) is 25.3 Å². The van der Waals surface area contributed by atoms with Gasteiger partial charge in [-0.25, -0.2) is 0 Å². The van der Waals surface area contributed by atoms with Crippen molar-refractivity contribution in [3.05, 3.63) is 81.9 Å². The molecule has 1 N–H and O–H groups in total. The predicted octanol–water partition coefficient (Wildman–Crippen LogP) is 3.89. The summed E-state index contributed by atoms with van der Waals surface area (Å²) < 4.78 is 5.74. The number of carbonyl (C=O) groups excluding carboxylic acids is 1. The predicted molar refractivity (Wildman–Crippen MR) is 101 cm³/mol. The molecule has 6 nitrogen and oxygen atoms in total. The molecule has 1 unspecified atom stereocenters. The number of amides is 1. The van der Waals surface area contributed by atoms with Crippen molar-refractivity contribution in [3.8, 4) is 0 Å². The highest BCUT2D eigenvalue weighted by Crippen LogP contribution is 2.18. The molecule has 2 aromatic rings. The lowest BCUT2D eigenvalue weighted by Crippen LogP contribution is -2.23. The quantitative estimate of drug-likeness (QED) is 0.320. The first kappa shape index (κ1) is 19.3. The van der Waals surface area contributed by atoms with Crippen molar-refractivity contribution in [3.63, 3.8) is 0 Å². The van der Waals surface area contributed by atoms with Gasteiger partial charge in [0.1, 0.15) is 0 Å². The number of hydrogen-bond acceptors (Lipinski definition) is 4. The first-order valence-corrected chi connectivity index (χ1v) is 8.44. The minimum Gasteiger partial charge on any atom is -0.374 e. The molecule has 6 heteroatoms. The molecule has 0 fully saturated rings. The fourth-order valence-electron chi connectivity index (χ4n) is 2.38. The standard InChI is InChI=1S/C20H22N2O4/c1-16(17-8-3-2-4-9-17)26-15-7-14-21-20(23)13-12-18-10-5-6-11-19(18)22(24)25/h2-6,8-13,16H,7,14-15H2,1H3,(H,21,23)/b13-12+. The lowest BCUT2D eigenvalue weighted by Gasteiger charge is -2.13. The summed E-state index contributed by atoms with van der Waals surface area (Å²) in [5, 5.41) is 13.7. The van der Waals surface area contributed by atoms with Gasteiger partial charge in [-0.15, -0.1) is 0 Å². The third-order valence-electron chi connectivity index (χ3n) is 3.80. The molecule has 0 saturated carbocycles. The van der Waals surface area contributed by atoms with Crippen molar-refractivity contribution in [2.24, 2.45) is 0 Å². The zero-order valence-corrected chi connectivity index (χ0v) is 14.6. The molecular formula is C20H22N2O4. The largest absolute Gasteiger partial charge is 0.374 e. The van der Waals surface area contributed by atoms with E-state index < -0.39 is 4.92 Å². The van der Waals surface area contributed by atoms with Gasteiger partial charge in [0.25, 0.3) is 5.69 Å². The highest BCUT2D eigenvalue weighted by atomic mass is 16.6. The van der Waals surface area contributed by atoms with Crippen molar-refractivity contribution < 1.29 is 14.5 Å².